The molecule has 0 aromatic heterocycles. The number of carbonyl (C=O) groups excluding carboxylic acids is 1. The summed E-state index contributed by atoms with van der Waals surface area (Å²) in [5, 5.41) is 4.40. The van der Waals surface area contributed by atoms with E-state index in [-0.39, 0.29) is 5.41 Å². The molecule has 0 aromatic carbocycles. The van der Waals surface area contributed by atoms with Gasteiger partial charge < -0.3 is 10.6 Å². The highest BCUT2D eigenvalue weighted by atomic mass is 16.6. The first-order valence-corrected chi connectivity index (χ1v) is 10.8. The first kappa shape index (κ1) is 18.5. The van der Waals surface area contributed by atoms with Crippen LogP contribution in [0.5, 0.6) is 0 Å². The Kier molecular flexibility index (Phi) is 4.70. The molecule has 146 valence electrons. The zero-order valence-electron chi connectivity index (χ0n) is 16.8. The van der Waals surface area contributed by atoms with Gasteiger partial charge in [0, 0.05) is 18.4 Å². The number of hydrogen-bond acceptors (Lipinski definition) is 4. The topological polar surface area (TPSA) is 64.7 Å². The molecule has 4 heteroatoms. The third kappa shape index (κ3) is 2.66. The smallest absolute Gasteiger partial charge is 0.139 e. The highest BCUT2D eigenvalue weighted by Crippen LogP contribution is 2.66. The van der Waals surface area contributed by atoms with Crippen LogP contribution in [-0.4, -0.2) is 24.6 Å². The van der Waals surface area contributed by atoms with E-state index in [4.69, 9.17) is 10.6 Å². The monoisotopic (exact) mass is 360 g/mol. The fraction of sp³-hybridized carbons (Fsp3) is 0.909. The molecule has 0 heterocycles. The molecule has 4 saturated carbocycles. The Balaban J connectivity index is 1.56. The largest absolute Gasteiger partial charge is 0.395 e. The Bertz CT molecular complexity index is 603. The second-order valence-corrected chi connectivity index (χ2v) is 10.1. The molecule has 7 atom stereocenters. The molecule has 4 nitrogen and oxygen atoms in total. The Morgan fingerprint density at radius 2 is 1.96 bits per heavy atom. The first-order chi connectivity index (χ1) is 12.4. The third-order valence-corrected chi connectivity index (χ3v) is 8.98. The number of rotatable bonds is 3. The number of nitrogens with two attached hydrogens (primary N) is 1. The molecule has 0 saturated heterocycles. The number of nitrogens with zero attached hydrogens (tertiary/aromatic N) is 1. The summed E-state index contributed by atoms with van der Waals surface area (Å²) in [7, 11) is 0. The second-order valence-electron chi connectivity index (χ2n) is 10.1. The van der Waals surface area contributed by atoms with Crippen molar-refractivity contribution in [3.05, 3.63) is 0 Å². The molecular weight excluding hydrogens is 324 g/mol. The number of carbonyl (C=O) groups is 1. The molecule has 4 fully saturated rings. The van der Waals surface area contributed by atoms with Crippen LogP contribution in [0.2, 0.25) is 0 Å². The van der Waals surface area contributed by atoms with Crippen molar-refractivity contribution in [2.45, 2.75) is 72.1 Å². The van der Waals surface area contributed by atoms with E-state index in [0.29, 0.717) is 42.1 Å². The van der Waals surface area contributed by atoms with Gasteiger partial charge in [-0.2, -0.15) is 0 Å². The molecule has 0 radical (unpaired) electrons. The van der Waals surface area contributed by atoms with Gasteiger partial charge in [-0.25, -0.2) is 0 Å². The number of hydrogen-bond donors (Lipinski definition) is 1. The zero-order valence-corrected chi connectivity index (χ0v) is 16.8. The van der Waals surface area contributed by atoms with Crippen molar-refractivity contribution < 1.29 is 9.63 Å². The zero-order chi connectivity index (χ0) is 18.5. The minimum Gasteiger partial charge on any atom is -0.395 e. The molecule has 0 spiro atoms. The fourth-order valence-electron chi connectivity index (χ4n) is 7.57. The molecule has 2 N–H and O–H groups in total. The van der Waals surface area contributed by atoms with Crippen LogP contribution in [0, 0.1) is 40.4 Å². The lowest BCUT2D eigenvalue weighted by Gasteiger charge is -2.61. The van der Waals surface area contributed by atoms with E-state index in [1.54, 1.807) is 0 Å². The molecule has 1 unspecified atom stereocenters. The number of ketones is 1. The van der Waals surface area contributed by atoms with Crippen LogP contribution >= 0.6 is 0 Å². The highest BCUT2D eigenvalue weighted by Gasteiger charge is 2.61. The van der Waals surface area contributed by atoms with Crippen LogP contribution in [0.1, 0.15) is 72.1 Å². The molecule has 0 aromatic rings. The van der Waals surface area contributed by atoms with Crippen LogP contribution in [0.3, 0.4) is 0 Å². The molecule has 4 rings (SSSR count). The first-order valence-electron chi connectivity index (χ1n) is 10.8. The van der Waals surface area contributed by atoms with E-state index in [1.165, 1.54) is 25.0 Å². The van der Waals surface area contributed by atoms with E-state index in [2.05, 4.69) is 25.9 Å². The predicted octanol–water partition coefficient (Wildman–Crippen LogP) is 4.18. The summed E-state index contributed by atoms with van der Waals surface area (Å²) < 4.78 is 0. The lowest BCUT2D eigenvalue weighted by atomic mass is 9.43. The Hall–Kier alpha value is -0.900. The Morgan fingerprint density at radius 1 is 1.15 bits per heavy atom. The highest BCUT2D eigenvalue weighted by molar-refractivity contribution is 5.87. The molecular formula is C22H36N2O2. The van der Waals surface area contributed by atoms with Gasteiger partial charge in [-0.15, -0.1) is 0 Å². The van der Waals surface area contributed by atoms with Crippen molar-refractivity contribution in [3.63, 3.8) is 0 Å². The van der Waals surface area contributed by atoms with Crippen LogP contribution in [0.4, 0.5) is 0 Å². The summed E-state index contributed by atoms with van der Waals surface area (Å²) >= 11 is 0. The second kappa shape index (κ2) is 6.61. The summed E-state index contributed by atoms with van der Waals surface area (Å²) in [6.07, 6.45) is 9.02. The van der Waals surface area contributed by atoms with Crippen molar-refractivity contribution in [2.24, 2.45) is 51.3 Å². The van der Waals surface area contributed by atoms with Gasteiger partial charge in [0.2, 0.25) is 0 Å². The molecule has 0 aliphatic heterocycles. The normalized spacial score (nSPS) is 49.5. The minimum absolute atomic E-state index is 0.0125. The Labute approximate surface area is 158 Å². The van der Waals surface area contributed by atoms with E-state index in [1.807, 2.05) is 0 Å². The van der Waals surface area contributed by atoms with Crippen molar-refractivity contribution in [3.8, 4) is 0 Å². The maximum absolute atomic E-state index is 12.6. The van der Waals surface area contributed by atoms with Crippen LogP contribution < -0.4 is 5.73 Å². The van der Waals surface area contributed by atoms with Gasteiger partial charge in [0.1, 0.15) is 12.4 Å². The summed E-state index contributed by atoms with van der Waals surface area (Å²) in [5.41, 5.74) is 7.14. The minimum atomic E-state index is -0.0125. The van der Waals surface area contributed by atoms with Crippen molar-refractivity contribution >= 4 is 11.5 Å². The third-order valence-electron chi connectivity index (χ3n) is 8.98. The average molecular weight is 361 g/mol. The van der Waals surface area contributed by atoms with Crippen LogP contribution in [0.15, 0.2) is 5.16 Å². The number of fused-ring (bicyclic) bond motifs is 5. The number of oxime groups is 1. The van der Waals surface area contributed by atoms with Gasteiger partial charge in [0.05, 0.1) is 5.71 Å². The molecule has 4 aliphatic carbocycles. The van der Waals surface area contributed by atoms with E-state index in [9.17, 15) is 4.79 Å². The SMILES string of the molecule is C[C@@H]1C[C@@H]2[C@H](CC[C@]3(C)C(=O)CC[C@@H]23)[C@@]2(C)CCC(=NOCCN)CC12. The quantitative estimate of drug-likeness (QED) is 0.607. The summed E-state index contributed by atoms with van der Waals surface area (Å²) in [5.74, 6) is 4.15. The molecule has 26 heavy (non-hydrogen) atoms. The van der Waals surface area contributed by atoms with Crippen LogP contribution in [0.25, 0.3) is 0 Å². The van der Waals surface area contributed by atoms with Crippen molar-refractivity contribution in [2.75, 3.05) is 13.2 Å². The molecule has 0 bridgehead atoms. The average Bonchev–Trinajstić information content (AvgIpc) is 2.92. The van der Waals surface area contributed by atoms with E-state index in [0.717, 1.165) is 43.9 Å². The Morgan fingerprint density at radius 3 is 2.73 bits per heavy atom. The molecule has 4 aliphatic rings. The lowest BCUT2D eigenvalue weighted by molar-refractivity contribution is -0.141. The number of Topliss-reactive ketones (excluding diaryl/α,β-unsaturated/α-hetero) is 1. The van der Waals surface area contributed by atoms with E-state index < -0.39 is 0 Å². The molecule has 0 amide bonds. The van der Waals surface area contributed by atoms with Gasteiger partial charge in [0.15, 0.2) is 0 Å². The van der Waals surface area contributed by atoms with Crippen molar-refractivity contribution in [1.82, 2.24) is 0 Å². The van der Waals surface area contributed by atoms with Gasteiger partial charge >= 0.3 is 0 Å². The lowest BCUT2D eigenvalue weighted by Crippen LogP contribution is -2.56. The van der Waals surface area contributed by atoms with Gasteiger partial charge in [-0.3, -0.25) is 4.79 Å². The van der Waals surface area contributed by atoms with Gasteiger partial charge in [-0.1, -0.05) is 25.9 Å². The maximum atomic E-state index is 12.6. The maximum Gasteiger partial charge on any atom is 0.139 e. The standard InChI is InChI=1S/C22H36N2O2/c1-14-12-16-17-4-5-20(25)22(17,3)9-7-18(16)21(2)8-6-15(13-19(14)21)24-26-11-10-23/h14,16-19H,4-13,23H2,1-3H3/t14-,16+,17+,18+,19?,21-,22+/m1/s1. The summed E-state index contributed by atoms with van der Waals surface area (Å²) in [6, 6.07) is 0. The summed E-state index contributed by atoms with van der Waals surface area (Å²) in [6.45, 7) is 8.33. The van der Waals surface area contributed by atoms with Crippen LogP contribution in [-0.2, 0) is 9.63 Å². The predicted molar refractivity (Wildman–Crippen MR) is 104 cm³/mol. The fourth-order valence-corrected chi connectivity index (χ4v) is 7.57. The van der Waals surface area contributed by atoms with Crippen molar-refractivity contribution in [1.29, 1.82) is 0 Å². The van der Waals surface area contributed by atoms with E-state index >= 15 is 0 Å². The van der Waals surface area contributed by atoms with Gasteiger partial charge in [0.25, 0.3) is 0 Å². The van der Waals surface area contributed by atoms with Gasteiger partial charge in [-0.05, 0) is 80.0 Å². The summed E-state index contributed by atoms with van der Waals surface area (Å²) in [4.78, 5) is 18.0.